The zero-order chi connectivity index (χ0) is 16.6. The SMILES string of the molecule is C[C@H]1Cc2cc(S(N)(=O)=O)ccc2N1Cc1ccccc1C#N. The molecule has 2 N–H and O–H groups in total. The number of benzene rings is 2. The minimum Gasteiger partial charge on any atom is -0.364 e. The molecule has 0 bridgehead atoms. The van der Waals surface area contributed by atoms with Crippen LogP contribution >= 0.6 is 0 Å². The number of anilines is 1. The first-order valence-corrected chi connectivity index (χ1v) is 8.85. The molecule has 1 aliphatic rings. The highest BCUT2D eigenvalue weighted by atomic mass is 32.2. The van der Waals surface area contributed by atoms with Crippen molar-refractivity contribution < 1.29 is 8.42 Å². The van der Waals surface area contributed by atoms with Gasteiger partial charge < -0.3 is 4.90 Å². The van der Waals surface area contributed by atoms with Crippen LogP contribution in [0.5, 0.6) is 0 Å². The van der Waals surface area contributed by atoms with E-state index in [0.717, 1.165) is 23.2 Å². The molecule has 0 radical (unpaired) electrons. The van der Waals surface area contributed by atoms with Crippen molar-refractivity contribution in [2.24, 2.45) is 5.14 Å². The second-order valence-electron chi connectivity index (χ2n) is 5.79. The summed E-state index contributed by atoms with van der Waals surface area (Å²) in [5.74, 6) is 0. The van der Waals surface area contributed by atoms with Crippen molar-refractivity contribution >= 4 is 15.7 Å². The number of nitrogens with zero attached hydrogens (tertiary/aromatic N) is 2. The molecule has 23 heavy (non-hydrogen) atoms. The zero-order valence-corrected chi connectivity index (χ0v) is 13.5. The molecule has 0 spiro atoms. The van der Waals surface area contributed by atoms with Gasteiger partial charge in [0.15, 0.2) is 0 Å². The van der Waals surface area contributed by atoms with Gasteiger partial charge in [0.1, 0.15) is 0 Å². The van der Waals surface area contributed by atoms with Crippen molar-refractivity contribution in [2.75, 3.05) is 4.90 Å². The minimum atomic E-state index is -3.69. The summed E-state index contributed by atoms with van der Waals surface area (Å²) in [4.78, 5) is 2.33. The van der Waals surface area contributed by atoms with Crippen molar-refractivity contribution in [3.8, 4) is 6.07 Å². The maximum atomic E-state index is 11.5. The van der Waals surface area contributed by atoms with E-state index in [2.05, 4.69) is 17.9 Å². The molecule has 0 unspecified atom stereocenters. The first-order chi connectivity index (χ1) is 10.9. The maximum absolute atomic E-state index is 11.5. The van der Waals surface area contributed by atoms with E-state index in [1.807, 2.05) is 18.2 Å². The molecule has 0 saturated carbocycles. The highest BCUT2D eigenvalue weighted by molar-refractivity contribution is 7.89. The molecule has 0 fully saturated rings. The highest BCUT2D eigenvalue weighted by Crippen LogP contribution is 2.35. The Kier molecular flexibility index (Phi) is 3.84. The second-order valence-corrected chi connectivity index (χ2v) is 7.35. The predicted octanol–water partition coefficient (Wildman–Crippen LogP) is 2.16. The fraction of sp³-hybridized carbons (Fsp3) is 0.235. The molecule has 0 aliphatic carbocycles. The van der Waals surface area contributed by atoms with Crippen LogP contribution in [0.3, 0.4) is 0 Å². The largest absolute Gasteiger partial charge is 0.364 e. The first-order valence-electron chi connectivity index (χ1n) is 7.30. The third kappa shape index (κ3) is 2.93. The minimum absolute atomic E-state index is 0.141. The predicted molar refractivity (Wildman–Crippen MR) is 88.3 cm³/mol. The number of nitriles is 1. The monoisotopic (exact) mass is 327 g/mol. The lowest BCUT2D eigenvalue weighted by atomic mass is 10.1. The number of nitrogens with two attached hydrogens (primary N) is 1. The van der Waals surface area contributed by atoms with E-state index in [4.69, 9.17) is 5.14 Å². The Morgan fingerprint density at radius 1 is 1.30 bits per heavy atom. The first kappa shape index (κ1) is 15.5. The molecule has 2 aromatic carbocycles. The Hall–Kier alpha value is -2.36. The lowest BCUT2D eigenvalue weighted by molar-refractivity contribution is 0.597. The van der Waals surface area contributed by atoms with Gasteiger partial charge in [-0.1, -0.05) is 18.2 Å². The van der Waals surface area contributed by atoms with Gasteiger partial charge >= 0.3 is 0 Å². The van der Waals surface area contributed by atoms with Crippen molar-refractivity contribution in [2.45, 2.75) is 30.8 Å². The molecule has 5 nitrogen and oxygen atoms in total. The van der Waals surface area contributed by atoms with Crippen LogP contribution in [0.4, 0.5) is 5.69 Å². The van der Waals surface area contributed by atoms with Crippen LogP contribution in [0.15, 0.2) is 47.4 Å². The average molecular weight is 327 g/mol. The molecule has 0 amide bonds. The van der Waals surface area contributed by atoms with Gasteiger partial charge in [0.25, 0.3) is 0 Å². The van der Waals surface area contributed by atoms with E-state index in [1.165, 1.54) is 6.07 Å². The number of hydrogen-bond donors (Lipinski definition) is 1. The molecular weight excluding hydrogens is 310 g/mol. The summed E-state index contributed by atoms with van der Waals surface area (Å²) in [5.41, 5.74) is 3.59. The van der Waals surface area contributed by atoms with Crippen LogP contribution in [0, 0.1) is 11.3 Å². The van der Waals surface area contributed by atoms with E-state index < -0.39 is 10.0 Å². The Balaban J connectivity index is 1.97. The Morgan fingerprint density at radius 3 is 2.74 bits per heavy atom. The van der Waals surface area contributed by atoms with Crippen LogP contribution in [0.2, 0.25) is 0 Å². The van der Waals surface area contributed by atoms with E-state index in [-0.39, 0.29) is 10.9 Å². The van der Waals surface area contributed by atoms with E-state index in [0.29, 0.717) is 12.1 Å². The summed E-state index contributed by atoms with van der Waals surface area (Å²) in [7, 11) is -3.69. The van der Waals surface area contributed by atoms with Crippen LogP contribution in [-0.4, -0.2) is 14.5 Å². The average Bonchev–Trinajstić information content (AvgIpc) is 2.82. The fourth-order valence-electron chi connectivity index (χ4n) is 3.04. The van der Waals surface area contributed by atoms with Gasteiger partial charge in [0.2, 0.25) is 10.0 Å². The topological polar surface area (TPSA) is 87.2 Å². The van der Waals surface area contributed by atoms with Gasteiger partial charge in [-0.15, -0.1) is 0 Å². The zero-order valence-electron chi connectivity index (χ0n) is 12.7. The van der Waals surface area contributed by atoms with Crippen molar-refractivity contribution in [3.63, 3.8) is 0 Å². The molecule has 2 aromatic rings. The number of hydrogen-bond acceptors (Lipinski definition) is 4. The lowest BCUT2D eigenvalue weighted by Gasteiger charge is -2.25. The quantitative estimate of drug-likeness (QED) is 0.936. The molecule has 3 rings (SSSR count). The molecule has 1 atom stereocenters. The number of sulfonamides is 1. The van der Waals surface area contributed by atoms with Gasteiger partial charge in [0.05, 0.1) is 16.5 Å². The summed E-state index contributed by atoms with van der Waals surface area (Å²) < 4.78 is 23.0. The number of primary sulfonamides is 1. The van der Waals surface area contributed by atoms with E-state index in [1.54, 1.807) is 18.2 Å². The third-order valence-corrected chi connectivity index (χ3v) is 5.13. The standard InChI is InChI=1S/C17H17N3O2S/c1-12-8-15-9-16(23(19,21)22)6-7-17(15)20(12)11-14-5-3-2-4-13(14)10-18/h2-7,9,12H,8,11H2,1H3,(H2,19,21,22)/t12-/m0/s1. The van der Waals surface area contributed by atoms with Gasteiger partial charge in [0, 0.05) is 18.3 Å². The van der Waals surface area contributed by atoms with Gasteiger partial charge in [-0.05, 0) is 48.7 Å². The lowest BCUT2D eigenvalue weighted by Crippen LogP contribution is -2.28. The van der Waals surface area contributed by atoms with Crippen LogP contribution < -0.4 is 10.0 Å². The second kappa shape index (κ2) is 5.69. The fourth-order valence-corrected chi connectivity index (χ4v) is 3.60. The Morgan fingerprint density at radius 2 is 2.04 bits per heavy atom. The van der Waals surface area contributed by atoms with E-state index >= 15 is 0 Å². The van der Waals surface area contributed by atoms with Crippen molar-refractivity contribution in [1.82, 2.24) is 0 Å². The maximum Gasteiger partial charge on any atom is 0.238 e. The molecule has 118 valence electrons. The summed E-state index contributed by atoms with van der Waals surface area (Å²) in [6.45, 7) is 2.71. The molecule has 6 heteroatoms. The highest BCUT2D eigenvalue weighted by Gasteiger charge is 2.27. The summed E-state index contributed by atoms with van der Waals surface area (Å²) >= 11 is 0. The Bertz CT molecular complexity index is 900. The molecule has 0 saturated heterocycles. The molecule has 0 aromatic heterocycles. The Labute approximate surface area is 136 Å². The summed E-state index contributed by atoms with van der Waals surface area (Å²) in [5, 5.41) is 14.4. The van der Waals surface area contributed by atoms with Crippen molar-refractivity contribution in [3.05, 3.63) is 59.2 Å². The molecule has 1 heterocycles. The number of rotatable bonds is 3. The van der Waals surface area contributed by atoms with Crippen LogP contribution in [0.25, 0.3) is 0 Å². The molecular formula is C17H17N3O2S. The smallest absolute Gasteiger partial charge is 0.238 e. The summed E-state index contributed by atoms with van der Waals surface area (Å²) in [6.07, 6.45) is 0.757. The van der Waals surface area contributed by atoms with Crippen LogP contribution in [0.1, 0.15) is 23.6 Å². The van der Waals surface area contributed by atoms with Gasteiger partial charge in [-0.2, -0.15) is 5.26 Å². The van der Waals surface area contributed by atoms with Gasteiger partial charge in [-0.25, -0.2) is 13.6 Å². The van der Waals surface area contributed by atoms with Crippen molar-refractivity contribution in [1.29, 1.82) is 5.26 Å². The number of fused-ring (bicyclic) bond motifs is 1. The third-order valence-electron chi connectivity index (χ3n) is 4.21. The normalized spacial score (nSPS) is 16.9. The van der Waals surface area contributed by atoms with Gasteiger partial charge in [-0.3, -0.25) is 0 Å². The van der Waals surface area contributed by atoms with Crippen LogP contribution in [-0.2, 0) is 23.0 Å². The molecule has 1 aliphatic heterocycles. The van der Waals surface area contributed by atoms with E-state index in [9.17, 15) is 13.7 Å². The summed E-state index contributed by atoms with van der Waals surface area (Å²) in [6, 6.07) is 15.0.